The molecule has 3 N–H and O–H groups in total. The monoisotopic (exact) mass is 521 g/mol. The first-order valence-electron chi connectivity index (χ1n) is 11.7. The van der Waals surface area contributed by atoms with Gasteiger partial charge in [0.1, 0.15) is 6.17 Å². The third-order valence-electron chi connectivity index (χ3n) is 5.22. The van der Waals surface area contributed by atoms with Gasteiger partial charge >= 0.3 is 0 Å². The fourth-order valence-electron chi connectivity index (χ4n) is 3.32. The molecule has 0 saturated carbocycles. The van der Waals surface area contributed by atoms with Gasteiger partial charge in [0, 0.05) is 12.1 Å². The highest BCUT2D eigenvalue weighted by atomic mass is 35.6. The van der Waals surface area contributed by atoms with E-state index in [4.69, 9.17) is 47.0 Å². The number of thiocarbonyl (C=S) groups is 1. The summed E-state index contributed by atoms with van der Waals surface area (Å²) in [5.74, 6) is -0.164. The molecular formula is C24H38Cl3N3OS. The molecule has 1 amide bonds. The molecule has 1 aromatic carbocycles. The van der Waals surface area contributed by atoms with Crippen LogP contribution in [0.5, 0.6) is 0 Å². The van der Waals surface area contributed by atoms with Gasteiger partial charge in [-0.2, -0.15) is 0 Å². The molecule has 0 fully saturated rings. The zero-order chi connectivity index (χ0) is 23.8. The Kier molecular flexibility index (Phi) is 15.4. The second-order valence-corrected chi connectivity index (χ2v) is 11.1. The van der Waals surface area contributed by atoms with Crippen LogP contribution in [0.25, 0.3) is 0 Å². The molecule has 8 heteroatoms. The number of rotatable bonds is 15. The number of hydrogen-bond donors (Lipinski definition) is 3. The molecule has 0 unspecified atom stereocenters. The van der Waals surface area contributed by atoms with Crippen LogP contribution in [-0.2, 0) is 4.79 Å². The summed E-state index contributed by atoms with van der Waals surface area (Å²) in [5.41, 5.74) is 1.95. The predicted molar refractivity (Wildman–Crippen MR) is 144 cm³/mol. The summed E-state index contributed by atoms with van der Waals surface area (Å²) in [6.07, 6.45) is 13.0. The van der Waals surface area contributed by atoms with E-state index in [2.05, 4.69) is 22.9 Å². The number of hydrogen-bond acceptors (Lipinski definition) is 2. The average Bonchev–Trinajstić information content (AvgIpc) is 2.72. The summed E-state index contributed by atoms with van der Waals surface area (Å²) in [6.45, 7) is 4.25. The summed E-state index contributed by atoms with van der Waals surface area (Å²) in [7, 11) is 0. The number of alkyl halides is 3. The Morgan fingerprint density at radius 3 is 1.88 bits per heavy atom. The van der Waals surface area contributed by atoms with Crippen molar-refractivity contribution in [3.8, 4) is 0 Å². The van der Waals surface area contributed by atoms with Crippen molar-refractivity contribution in [2.75, 3.05) is 5.32 Å². The Morgan fingerprint density at radius 2 is 1.38 bits per heavy atom. The van der Waals surface area contributed by atoms with Crippen LogP contribution in [0.15, 0.2) is 24.3 Å². The van der Waals surface area contributed by atoms with E-state index in [1.165, 1.54) is 51.4 Å². The van der Waals surface area contributed by atoms with Gasteiger partial charge in [0.15, 0.2) is 5.11 Å². The molecule has 1 atom stereocenters. The van der Waals surface area contributed by atoms with Gasteiger partial charge in [-0.3, -0.25) is 4.79 Å². The lowest BCUT2D eigenvalue weighted by Gasteiger charge is -2.27. The number of amides is 1. The molecule has 1 aromatic rings. The van der Waals surface area contributed by atoms with Crippen molar-refractivity contribution in [2.45, 2.75) is 101 Å². The first-order valence-corrected chi connectivity index (χ1v) is 13.3. The topological polar surface area (TPSA) is 53.2 Å². The Morgan fingerprint density at radius 1 is 0.875 bits per heavy atom. The summed E-state index contributed by atoms with van der Waals surface area (Å²) in [6, 6.07) is 7.73. The number of unbranched alkanes of at least 4 members (excludes halogenated alkanes) is 10. The molecule has 0 radical (unpaired) electrons. The Labute approximate surface area is 214 Å². The lowest BCUT2D eigenvalue weighted by molar-refractivity contribution is -0.122. The van der Waals surface area contributed by atoms with Gasteiger partial charge in [0.25, 0.3) is 0 Å². The Hall–Kier alpha value is -0.750. The maximum atomic E-state index is 12.3. The number of carbonyl (C=O) groups is 1. The molecule has 0 spiro atoms. The fraction of sp³-hybridized carbons (Fsp3) is 0.667. The average molecular weight is 523 g/mol. The number of aryl methyl sites for hydroxylation is 1. The quantitative estimate of drug-likeness (QED) is 0.0952. The van der Waals surface area contributed by atoms with Crippen molar-refractivity contribution < 1.29 is 4.79 Å². The largest absolute Gasteiger partial charge is 0.339 e. The molecule has 0 saturated heterocycles. The highest BCUT2D eigenvalue weighted by molar-refractivity contribution is 7.80. The Bertz CT molecular complexity index is 665. The third-order valence-corrected chi connectivity index (χ3v) is 6.10. The van der Waals surface area contributed by atoms with Crippen molar-refractivity contribution in [1.29, 1.82) is 0 Å². The smallest absolute Gasteiger partial charge is 0.228 e. The lowest BCUT2D eigenvalue weighted by Crippen LogP contribution is -2.56. The molecule has 1 rings (SSSR count). The van der Waals surface area contributed by atoms with Gasteiger partial charge in [0.2, 0.25) is 9.70 Å². The van der Waals surface area contributed by atoms with Crippen molar-refractivity contribution in [2.24, 2.45) is 0 Å². The van der Waals surface area contributed by atoms with Crippen molar-refractivity contribution >= 4 is 63.7 Å². The van der Waals surface area contributed by atoms with E-state index in [-0.39, 0.29) is 11.0 Å². The number of carbonyl (C=O) groups excluding carboxylic acids is 1. The molecule has 0 aromatic heterocycles. The second-order valence-electron chi connectivity index (χ2n) is 8.29. The van der Waals surface area contributed by atoms with E-state index in [0.717, 1.165) is 30.5 Å². The lowest BCUT2D eigenvalue weighted by atomic mass is 10.1. The summed E-state index contributed by atoms with van der Waals surface area (Å²) < 4.78 is -1.74. The van der Waals surface area contributed by atoms with Crippen molar-refractivity contribution in [1.82, 2.24) is 10.6 Å². The van der Waals surface area contributed by atoms with E-state index in [0.29, 0.717) is 6.42 Å². The van der Waals surface area contributed by atoms with Crippen LogP contribution < -0.4 is 16.0 Å². The molecule has 4 nitrogen and oxygen atoms in total. The number of benzene rings is 1. The maximum absolute atomic E-state index is 12.3. The van der Waals surface area contributed by atoms with E-state index >= 15 is 0 Å². The van der Waals surface area contributed by atoms with E-state index in [1.54, 1.807) is 0 Å². The normalized spacial score (nSPS) is 12.3. The van der Waals surface area contributed by atoms with Crippen LogP contribution in [0.2, 0.25) is 0 Å². The fourth-order valence-corrected chi connectivity index (χ4v) is 3.88. The standard InChI is InChI=1S/C24H38Cl3N3OS/c1-3-4-5-6-7-8-9-10-11-12-13-14-21(31)29-22(24(25,26)27)30-23(32)28-20-17-15-19(2)16-18-20/h15-18,22H,3-14H2,1-2H3,(H,29,31)(H2,28,30,32)/t22-/m0/s1. The molecule has 0 bridgehead atoms. The summed E-state index contributed by atoms with van der Waals surface area (Å²) >= 11 is 23.5. The number of anilines is 1. The molecule has 0 aliphatic carbocycles. The molecule has 182 valence electrons. The Balaban J connectivity index is 2.25. The second kappa shape index (κ2) is 16.8. The minimum absolute atomic E-state index is 0.164. The van der Waals surface area contributed by atoms with Gasteiger partial charge in [-0.1, -0.05) is 124 Å². The van der Waals surface area contributed by atoms with Crippen LogP contribution in [0, 0.1) is 6.92 Å². The SMILES string of the molecule is CCCCCCCCCCCCCC(=O)N[C@@H](NC(=S)Nc1ccc(C)cc1)C(Cl)(Cl)Cl. The minimum atomic E-state index is -1.74. The maximum Gasteiger partial charge on any atom is 0.228 e. The summed E-state index contributed by atoms with van der Waals surface area (Å²) in [5, 5.41) is 8.92. The molecule has 0 aliphatic rings. The van der Waals surface area contributed by atoms with Crippen molar-refractivity contribution in [3.05, 3.63) is 29.8 Å². The summed E-state index contributed by atoms with van der Waals surface area (Å²) in [4.78, 5) is 12.3. The van der Waals surface area contributed by atoms with Gasteiger partial charge < -0.3 is 16.0 Å². The van der Waals surface area contributed by atoms with E-state index in [9.17, 15) is 4.79 Å². The van der Waals surface area contributed by atoms with Gasteiger partial charge in [0.05, 0.1) is 0 Å². The molecule has 0 aliphatic heterocycles. The van der Waals surface area contributed by atoms with E-state index < -0.39 is 9.96 Å². The number of halogens is 3. The molecular weight excluding hydrogens is 485 g/mol. The third kappa shape index (κ3) is 14.4. The number of nitrogens with one attached hydrogen (secondary N) is 3. The minimum Gasteiger partial charge on any atom is -0.339 e. The molecule has 32 heavy (non-hydrogen) atoms. The van der Waals surface area contributed by atoms with Crippen LogP contribution in [0.4, 0.5) is 5.69 Å². The predicted octanol–water partition coefficient (Wildman–Crippen LogP) is 7.80. The highest BCUT2D eigenvalue weighted by Gasteiger charge is 2.34. The first kappa shape index (κ1) is 29.3. The highest BCUT2D eigenvalue weighted by Crippen LogP contribution is 2.29. The molecule has 0 heterocycles. The van der Waals surface area contributed by atoms with Crippen molar-refractivity contribution in [3.63, 3.8) is 0 Å². The van der Waals surface area contributed by atoms with Gasteiger partial charge in [-0.25, -0.2) is 0 Å². The van der Waals surface area contributed by atoms with E-state index in [1.807, 2.05) is 31.2 Å². The van der Waals surface area contributed by atoms with Crippen LogP contribution in [0.3, 0.4) is 0 Å². The zero-order valence-corrected chi connectivity index (χ0v) is 22.4. The zero-order valence-electron chi connectivity index (χ0n) is 19.3. The van der Waals surface area contributed by atoms with Gasteiger partial charge in [-0.05, 0) is 37.7 Å². The van der Waals surface area contributed by atoms with Gasteiger partial charge in [-0.15, -0.1) is 0 Å². The first-order chi connectivity index (χ1) is 15.2. The van der Waals surface area contributed by atoms with Crippen LogP contribution >= 0.6 is 47.0 Å². The van der Waals surface area contributed by atoms with Crippen LogP contribution in [-0.4, -0.2) is 21.0 Å². The van der Waals surface area contributed by atoms with Crippen LogP contribution in [0.1, 0.15) is 89.5 Å².